The molecule has 30 heavy (non-hydrogen) atoms. The molecule has 168 valence electrons. The average Bonchev–Trinajstić information content (AvgIpc) is 2.63. The van der Waals surface area contributed by atoms with Gasteiger partial charge >= 0.3 is 23.9 Å². The summed E-state index contributed by atoms with van der Waals surface area (Å²) in [4.78, 5) is 48.7. The van der Waals surface area contributed by atoms with E-state index in [0.29, 0.717) is 6.42 Å². The zero-order chi connectivity index (χ0) is 22.7. The number of hydrogen-bond donors (Lipinski definition) is 0. The summed E-state index contributed by atoms with van der Waals surface area (Å²) in [5.74, 6) is -2.78. The van der Waals surface area contributed by atoms with Crippen LogP contribution in [0.25, 0.3) is 10.4 Å². The number of nitrogens with zero attached hydrogens (tertiary/aromatic N) is 3. The van der Waals surface area contributed by atoms with E-state index in [9.17, 15) is 19.2 Å². The van der Waals surface area contributed by atoms with Crippen LogP contribution in [0.4, 0.5) is 0 Å². The fraction of sp³-hybridized carbons (Fsp3) is 0.765. The van der Waals surface area contributed by atoms with Crippen molar-refractivity contribution in [1.82, 2.24) is 0 Å². The minimum absolute atomic E-state index is 0.0484. The molecule has 0 N–H and O–H groups in total. The Hall–Kier alpha value is -2.89. The molecule has 1 aliphatic rings. The van der Waals surface area contributed by atoms with Gasteiger partial charge in [-0.1, -0.05) is 5.11 Å². The number of azide groups is 1. The van der Waals surface area contributed by atoms with Crippen molar-refractivity contribution in [2.45, 2.75) is 64.8 Å². The highest BCUT2D eigenvalue weighted by Gasteiger charge is 2.52. The smallest absolute Gasteiger partial charge is 0.303 e. The van der Waals surface area contributed by atoms with Crippen molar-refractivity contribution in [3.63, 3.8) is 0 Å². The van der Waals surface area contributed by atoms with E-state index >= 15 is 0 Å². The minimum atomic E-state index is -1.29. The number of carbonyl (C=O) groups is 4. The lowest BCUT2D eigenvalue weighted by atomic mass is 9.98. The summed E-state index contributed by atoms with van der Waals surface area (Å²) in [6.45, 7) is 4.44. The molecular formula is C17H25N3O10. The fourth-order valence-corrected chi connectivity index (χ4v) is 2.70. The molecule has 0 spiro atoms. The molecular weight excluding hydrogens is 406 g/mol. The van der Waals surface area contributed by atoms with Crippen molar-refractivity contribution in [1.29, 1.82) is 0 Å². The van der Waals surface area contributed by atoms with Crippen molar-refractivity contribution >= 4 is 23.9 Å². The van der Waals surface area contributed by atoms with Crippen LogP contribution in [0.3, 0.4) is 0 Å². The minimum Gasteiger partial charge on any atom is -0.463 e. The Balaban J connectivity index is 3.17. The number of carbonyl (C=O) groups excluding carboxylic acids is 4. The second-order valence-electron chi connectivity index (χ2n) is 6.25. The van der Waals surface area contributed by atoms with E-state index in [0.717, 1.165) is 20.8 Å². The van der Waals surface area contributed by atoms with E-state index < -0.39 is 54.6 Å². The molecule has 1 rings (SSSR count). The van der Waals surface area contributed by atoms with Gasteiger partial charge in [0.05, 0.1) is 6.61 Å². The summed E-state index contributed by atoms with van der Waals surface area (Å²) in [7, 11) is 0. The summed E-state index contributed by atoms with van der Waals surface area (Å²) < 4.78 is 32.0. The molecule has 0 aromatic carbocycles. The van der Waals surface area contributed by atoms with Crippen LogP contribution in [0.1, 0.15) is 34.1 Å². The predicted molar refractivity (Wildman–Crippen MR) is 96.5 cm³/mol. The van der Waals surface area contributed by atoms with Crippen LogP contribution in [0, 0.1) is 0 Å². The first-order valence-corrected chi connectivity index (χ1v) is 9.08. The van der Waals surface area contributed by atoms with Gasteiger partial charge in [-0.15, -0.1) is 0 Å². The highest BCUT2D eigenvalue weighted by atomic mass is 16.7. The van der Waals surface area contributed by atoms with E-state index in [-0.39, 0.29) is 19.8 Å². The topological polar surface area (TPSA) is 172 Å². The second-order valence-corrected chi connectivity index (χ2v) is 6.25. The fourth-order valence-electron chi connectivity index (χ4n) is 2.70. The lowest BCUT2D eigenvalue weighted by Crippen LogP contribution is -2.63. The third kappa shape index (κ3) is 8.64. The predicted octanol–water partition coefficient (Wildman–Crippen LogP) is 0.786. The summed E-state index contributed by atoms with van der Waals surface area (Å²) in [6.07, 6.45) is -5.78. The molecule has 0 saturated carbocycles. The Bertz CT molecular complexity index is 679. The van der Waals surface area contributed by atoms with Gasteiger partial charge in [0, 0.05) is 39.2 Å². The van der Waals surface area contributed by atoms with Gasteiger partial charge in [-0.25, -0.2) is 0 Å². The second kappa shape index (κ2) is 12.6. The van der Waals surface area contributed by atoms with Gasteiger partial charge < -0.3 is 28.4 Å². The lowest BCUT2D eigenvalue weighted by Gasteiger charge is -2.44. The van der Waals surface area contributed by atoms with Gasteiger partial charge in [0.25, 0.3) is 0 Å². The first-order chi connectivity index (χ1) is 14.1. The maximum atomic E-state index is 11.7. The number of hydrogen-bond acceptors (Lipinski definition) is 11. The van der Waals surface area contributed by atoms with Gasteiger partial charge in [-0.05, 0) is 12.0 Å². The van der Waals surface area contributed by atoms with Gasteiger partial charge in [-0.3, -0.25) is 19.2 Å². The summed E-state index contributed by atoms with van der Waals surface area (Å²) in [5, 5.41) is 3.37. The lowest BCUT2D eigenvalue weighted by molar-refractivity contribution is -0.308. The Kier molecular flexibility index (Phi) is 10.6. The average molecular weight is 431 g/mol. The van der Waals surface area contributed by atoms with E-state index in [1.165, 1.54) is 6.92 Å². The summed E-state index contributed by atoms with van der Waals surface area (Å²) in [6, 6.07) is 0. The number of ether oxygens (including phenoxy) is 6. The van der Waals surface area contributed by atoms with Crippen LogP contribution in [-0.2, 0) is 47.6 Å². The van der Waals surface area contributed by atoms with Crippen molar-refractivity contribution < 1.29 is 47.6 Å². The largest absolute Gasteiger partial charge is 0.463 e. The Labute approximate surface area is 172 Å². The first kappa shape index (κ1) is 25.1. The highest BCUT2D eigenvalue weighted by Crippen LogP contribution is 2.30. The van der Waals surface area contributed by atoms with Crippen LogP contribution >= 0.6 is 0 Å². The molecule has 1 fully saturated rings. The van der Waals surface area contributed by atoms with E-state index in [1.54, 1.807) is 0 Å². The molecule has 0 bridgehead atoms. The molecule has 0 radical (unpaired) electrons. The zero-order valence-electron chi connectivity index (χ0n) is 17.1. The molecule has 1 heterocycles. The standard InChI is InChI=1S/C17H25N3O10/c1-9(21)26-8-13-14(27-10(2)22)15(28-11(3)23)16(29-12(4)24)17(30-13)25-7-5-6-19-20-18/h13-17H,5-8H2,1-4H3/t13-,14+,15+,16-,17-/m1/s1. The molecule has 5 atom stereocenters. The molecule has 0 aromatic heterocycles. The van der Waals surface area contributed by atoms with Crippen LogP contribution in [0.2, 0.25) is 0 Å². The monoisotopic (exact) mass is 431 g/mol. The normalized spacial score (nSPS) is 25.4. The maximum Gasteiger partial charge on any atom is 0.303 e. The molecule has 0 aromatic rings. The van der Waals surface area contributed by atoms with Crippen LogP contribution < -0.4 is 0 Å². The zero-order valence-corrected chi connectivity index (χ0v) is 17.1. The first-order valence-electron chi connectivity index (χ1n) is 9.08. The number of esters is 4. The van der Waals surface area contributed by atoms with Crippen molar-refractivity contribution in [3.05, 3.63) is 10.4 Å². The Morgan fingerprint density at radius 3 is 2.00 bits per heavy atom. The van der Waals surface area contributed by atoms with Crippen LogP contribution in [0.15, 0.2) is 5.11 Å². The van der Waals surface area contributed by atoms with Crippen molar-refractivity contribution in [3.8, 4) is 0 Å². The Morgan fingerprint density at radius 1 is 0.900 bits per heavy atom. The van der Waals surface area contributed by atoms with Gasteiger partial charge in [-0.2, -0.15) is 0 Å². The van der Waals surface area contributed by atoms with Gasteiger partial charge in [0.2, 0.25) is 0 Å². The molecule has 1 aliphatic heterocycles. The molecule has 0 amide bonds. The number of rotatable bonds is 10. The molecule has 1 saturated heterocycles. The van der Waals surface area contributed by atoms with E-state index in [2.05, 4.69) is 10.0 Å². The quantitative estimate of drug-likeness (QED) is 0.120. The third-order valence-corrected chi connectivity index (χ3v) is 3.70. The Morgan fingerprint density at radius 2 is 1.47 bits per heavy atom. The van der Waals surface area contributed by atoms with Gasteiger partial charge in [0.1, 0.15) is 12.7 Å². The van der Waals surface area contributed by atoms with E-state index in [1.807, 2.05) is 0 Å². The molecule has 0 aliphatic carbocycles. The maximum absolute atomic E-state index is 11.7. The highest BCUT2D eigenvalue weighted by molar-refractivity contribution is 5.68. The van der Waals surface area contributed by atoms with Crippen LogP contribution in [-0.4, -0.2) is 74.3 Å². The molecule has 13 heteroatoms. The SMILES string of the molecule is CC(=O)OC[C@H]1O[C@@H](OCCCN=[N+]=[N-])[C@H](OC(C)=O)[C@@H](OC(C)=O)[C@H]1OC(C)=O. The van der Waals surface area contributed by atoms with Crippen molar-refractivity contribution in [2.75, 3.05) is 19.8 Å². The van der Waals surface area contributed by atoms with Gasteiger partial charge in [0.15, 0.2) is 24.6 Å². The van der Waals surface area contributed by atoms with Crippen LogP contribution in [0.5, 0.6) is 0 Å². The molecule has 13 nitrogen and oxygen atoms in total. The van der Waals surface area contributed by atoms with Crippen molar-refractivity contribution in [2.24, 2.45) is 5.11 Å². The summed E-state index contributed by atoms with van der Waals surface area (Å²) >= 11 is 0. The summed E-state index contributed by atoms with van der Waals surface area (Å²) in [5.41, 5.74) is 8.32. The van der Waals surface area contributed by atoms with E-state index in [4.69, 9.17) is 34.0 Å². The third-order valence-electron chi connectivity index (χ3n) is 3.70. The molecule has 0 unspecified atom stereocenters.